The van der Waals surface area contributed by atoms with Crippen LogP contribution in [-0.2, 0) is 0 Å². The van der Waals surface area contributed by atoms with Gasteiger partial charge in [0, 0.05) is 43.8 Å². The fraction of sp³-hybridized carbons (Fsp3) is 0.270. The molecular weight excluding hydrogens is 588 g/mol. The lowest BCUT2D eigenvalue weighted by molar-refractivity contribution is 0.0401. The van der Waals surface area contributed by atoms with Gasteiger partial charge in [0.15, 0.2) is 0 Å². The summed E-state index contributed by atoms with van der Waals surface area (Å²) >= 11 is 6.26. The van der Waals surface area contributed by atoms with Crippen LogP contribution < -0.4 is 14.9 Å². The second-order valence-corrected chi connectivity index (χ2v) is 12.0. The van der Waals surface area contributed by atoms with Gasteiger partial charge in [-0.25, -0.2) is 0 Å². The number of rotatable bonds is 10. The number of ether oxygens (including phenoxy) is 2. The lowest BCUT2D eigenvalue weighted by atomic mass is 9.96. The lowest BCUT2D eigenvalue weighted by Crippen LogP contribution is -2.50. The number of aryl methyl sites for hydroxylation is 2. The molecule has 0 amide bonds. The minimum Gasteiger partial charge on any atom is -0.491 e. The van der Waals surface area contributed by atoms with Gasteiger partial charge < -0.3 is 19.0 Å². The summed E-state index contributed by atoms with van der Waals surface area (Å²) in [5.41, 5.74) is 4.39. The van der Waals surface area contributed by atoms with Crippen molar-refractivity contribution < 1.29 is 19.0 Å². The maximum Gasteiger partial charge on any atom is 0.235 e. The first kappa shape index (κ1) is 30.9. The zero-order valence-electron chi connectivity index (χ0n) is 25.5. The van der Waals surface area contributed by atoms with Gasteiger partial charge in [0.25, 0.3) is 0 Å². The summed E-state index contributed by atoms with van der Waals surface area (Å²) < 4.78 is 17.5. The summed E-state index contributed by atoms with van der Waals surface area (Å²) in [6.07, 6.45) is 0.642. The van der Waals surface area contributed by atoms with Crippen molar-refractivity contribution in [3.63, 3.8) is 0 Å². The molecule has 1 unspecified atom stereocenters. The highest BCUT2D eigenvalue weighted by atomic mass is 35.5. The van der Waals surface area contributed by atoms with Crippen molar-refractivity contribution in [1.82, 2.24) is 9.80 Å². The van der Waals surface area contributed by atoms with E-state index in [1.165, 1.54) is 17.4 Å². The van der Waals surface area contributed by atoms with Crippen molar-refractivity contribution in [2.45, 2.75) is 26.0 Å². The molecular formula is C37H37ClN2O5. The van der Waals surface area contributed by atoms with Crippen molar-refractivity contribution in [2.75, 3.05) is 39.3 Å². The molecule has 1 fully saturated rings. The molecule has 1 aliphatic rings. The van der Waals surface area contributed by atoms with Gasteiger partial charge in [0.1, 0.15) is 36.1 Å². The van der Waals surface area contributed by atoms with Crippen molar-refractivity contribution in [1.29, 1.82) is 0 Å². The Kier molecular flexibility index (Phi) is 9.52. The van der Waals surface area contributed by atoms with E-state index in [0.29, 0.717) is 34.0 Å². The summed E-state index contributed by atoms with van der Waals surface area (Å²) in [5, 5.41) is 11.9. The van der Waals surface area contributed by atoms with E-state index in [0.717, 1.165) is 37.3 Å². The molecule has 1 aromatic heterocycles. The van der Waals surface area contributed by atoms with Crippen LogP contribution in [0.2, 0.25) is 5.02 Å². The van der Waals surface area contributed by atoms with Crippen LogP contribution in [0, 0.1) is 13.8 Å². The molecule has 1 atom stereocenters. The molecule has 8 heteroatoms. The van der Waals surface area contributed by atoms with E-state index >= 15 is 0 Å². The second kappa shape index (κ2) is 13.9. The average molecular weight is 625 g/mol. The van der Waals surface area contributed by atoms with Gasteiger partial charge in [-0.1, -0.05) is 72.3 Å². The fourth-order valence-corrected chi connectivity index (χ4v) is 6.08. The first-order valence-corrected chi connectivity index (χ1v) is 15.6. The predicted molar refractivity (Wildman–Crippen MR) is 178 cm³/mol. The first-order chi connectivity index (χ1) is 21.9. The summed E-state index contributed by atoms with van der Waals surface area (Å²) in [6, 6.07) is 30.0. The van der Waals surface area contributed by atoms with Crippen LogP contribution in [0.15, 0.2) is 106 Å². The van der Waals surface area contributed by atoms with Crippen LogP contribution in [0.1, 0.15) is 28.3 Å². The Hall–Kier alpha value is -4.14. The van der Waals surface area contributed by atoms with Crippen molar-refractivity contribution in [2.24, 2.45) is 0 Å². The Bertz CT molecular complexity index is 1740. The number of hydrogen-bond donors (Lipinski definition) is 1. The molecule has 232 valence electrons. The zero-order valence-corrected chi connectivity index (χ0v) is 26.2. The second-order valence-electron chi connectivity index (χ2n) is 11.6. The number of aliphatic hydroxyl groups excluding tert-OH is 1. The van der Waals surface area contributed by atoms with Gasteiger partial charge in [0.2, 0.25) is 11.2 Å². The van der Waals surface area contributed by atoms with Crippen LogP contribution in [-0.4, -0.2) is 60.3 Å². The molecule has 0 aliphatic carbocycles. The topological polar surface area (TPSA) is 75.4 Å². The van der Waals surface area contributed by atoms with Gasteiger partial charge >= 0.3 is 0 Å². The van der Waals surface area contributed by atoms with Crippen LogP contribution in [0.3, 0.4) is 0 Å². The lowest BCUT2D eigenvalue weighted by Gasteiger charge is -2.40. The number of halogens is 1. The fourth-order valence-electron chi connectivity index (χ4n) is 5.98. The normalized spacial score (nSPS) is 15.0. The van der Waals surface area contributed by atoms with E-state index in [4.69, 9.17) is 25.5 Å². The molecule has 2 heterocycles. The largest absolute Gasteiger partial charge is 0.491 e. The Morgan fingerprint density at radius 2 is 1.47 bits per heavy atom. The summed E-state index contributed by atoms with van der Waals surface area (Å²) in [5.74, 6) is 1.12. The van der Waals surface area contributed by atoms with E-state index in [2.05, 4.69) is 70.5 Å². The van der Waals surface area contributed by atoms with Crippen LogP contribution in [0.5, 0.6) is 17.2 Å². The minimum absolute atomic E-state index is 0.0895. The minimum atomic E-state index is -0.666. The molecule has 6 rings (SSSR count). The summed E-state index contributed by atoms with van der Waals surface area (Å²) in [6.45, 7) is 7.92. The van der Waals surface area contributed by atoms with Gasteiger partial charge in [-0.3, -0.25) is 14.6 Å². The Morgan fingerprint density at radius 1 is 0.844 bits per heavy atom. The molecule has 5 aromatic rings. The molecule has 1 N–H and O–H groups in total. The molecule has 7 nitrogen and oxygen atoms in total. The van der Waals surface area contributed by atoms with Crippen molar-refractivity contribution in [3.05, 3.63) is 135 Å². The standard InChI is InChI=1S/C37H37ClN2O5/c1-25-19-31(20-26(2)35(25)38)45-34-24-44-33-21-30(13-14-32(33)37(34)42)43-23-29(41)22-39-15-17-40(18-16-39)36(27-9-5-3-6-10-27)28-11-7-4-8-12-28/h3-14,19-21,24,29,36,41H,15-18,22-23H2,1-2H3. The number of nitrogens with zero attached hydrogens (tertiary/aromatic N) is 2. The number of piperazine rings is 1. The highest BCUT2D eigenvalue weighted by Gasteiger charge is 2.27. The maximum atomic E-state index is 13.1. The highest BCUT2D eigenvalue weighted by Crippen LogP contribution is 2.31. The Morgan fingerprint density at radius 3 is 2.09 bits per heavy atom. The quantitative estimate of drug-likeness (QED) is 0.179. The van der Waals surface area contributed by atoms with E-state index in [-0.39, 0.29) is 23.8 Å². The van der Waals surface area contributed by atoms with E-state index in [1.54, 1.807) is 30.3 Å². The SMILES string of the molecule is Cc1cc(Oc2coc3cc(OCC(O)CN4CCN(C(c5ccccc5)c5ccccc5)CC4)ccc3c2=O)cc(C)c1Cl. The molecule has 0 spiro atoms. The molecule has 1 aliphatic heterocycles. The van der Waals surface area contributed by atoms with Crippen molar-refractivity contribution >= 4 is 22.6 Å². The first-order valence-electron chi connectivity index (χ1n) is 15.2. The zero-order chi connectivity index (χ0) is 31.3. The van der Waals surface area contributed by atoms with Gasteiger partial charge in [0.05, 0.1) is 11.4 Å². The van der Waals surface area contributed by atoms with Crippen LogP contribution >= 0.6 is 11.6 Å². The van der Waals surface area contributed by atoms with Gasteiger partial charge in [-0.05, 0) is 60.4 Å². The molecule has 0 bridgehead atoms. The summed E-state index contributed by atoms with van der Waals surface area (Å²) in [7, 11) is 0. The van der Waals surface area contributed by atoms with Crippen LogP contribution in [0.4, 0.5) is 0 Å². The number of fused-ring (bicyclic) bond motifs is 1. The molecule has 0 radical (unpaired) electrons. The molecule has 4 aromatic carbocycles. The Labute approximate surface area is 268 Å². The Balaban J connectivity index is 1.04. The predicted octanol–water partition coefficient (Wildman–Crippen LogP) is 7.00. The van der Waals surface area contributed by atoms with E-state index < -0.39 is 6.10 Å². The third-order valence-electron chi connectivity index (χ3n) is 8.27. The molecule has 0 saturated carbocycles. The highest BCUT2D eigenvalue weighted by molar-refractivity contribution is 6.32. The third kappa shape index (κ3) is 7.24. The number of benzene rings is 4. The molecule has 1 saturated heterocycles. The van der Waals surface area contributed by atoms with E-state index in [1.807, 2.05) is 13.8 Å². The number of aliphatic hydroxyl groups is 1. The number of hydrogen-bond acceptors (Lipinski definition) is 7. The molecule has 45 heavy (non-hydrogen) atoms. The monoisotopic (exact) mass is 624 g/mol. The maximum absolute atomic E-state index is 13.1. The third-order valence-corrected chi connectivity index (χ3v) is 8.86. The van der Waals surface area contributed by atoms with Gasteiger partial charge in [-0.2, -0.15) is 0 Å². The number of β-amino-alcohol motifs (C(OH)–C–C–N with tert-alkyl or cyclic N) is 1. The smallest absolute Gasteiger partial charge is 0.235 e. The van der Waals surface area contributed by atoms with Crippen LogP contribution in [0.25, 0.3) is 11.0 Å². The average Bonchev–Trinajstić information content (AvgIpc) is 3.06. The van der Waals surface area contributed by atoms with Gasteiger partial charge in [-0.15, -0.1) is 0 Å². The van der Waals surface area contributed by atoms with E-state index in [9.17, 15) is 9.90 Å². The van der Waals surface area contributed by atoms with Crippen molar-refractivity contribution in [3.8, 4) is 17.2 Å². The summed E-state index contributed by atoms with van der Waals surface area (Å²) in [4.78, 5) is 17.9.